The van der Waals surface area contributed by atoms with Gasteiger partial charge in [-0.05, 0) is 67.9 Å². The summed E-state index contributed by atoms with van der Waals surface area (Å²) in [7, 11) is 0. The molecule has 4 bridgehead atoms. The lowest BCUT2D eigenvalue weighted by molar-refractivity contribution is -0.151. The summed E-state index contributed by atoms with van der Waals surface area (Å²) < 4.78 is 1.58. The lowest BCUT2D eigenvalue weighted by Crippen LogP contribution is -2.59. The summed E-state index contributed by atoms with van der Waals surface area (Å²) in [5, 5.41) is 17.3. The smallest absolute Gasteiger partial charge is 0.303 e. The van der Waals surface area contributed by atoms with Crippen LogP contribution >= 0.6 is 11.6 Å². The number of nitrogens with zero attached hydrogens (tertiary/aromatic N) is 2. The van der Waals surface area contributed by atoms with E-state index in [0.29, 0.717) is 23.9 Å². The second kappa shape index (κ2) is 6.59. The Morgan fingerprint density at radius 2 is 1.90 bits per heavy atom. The molecule has 0 aliphatic heterocycles. The van der Waals surface area contributed by atoms with Crippen LogP contribution in [-0.4, -0.2) is 20.9 Å². The number of para-hydroxylation sites is 1. The van der Waals surface area contributed by atoms with Crippen molar-refractivity contribution in [3.05, 3.63) is 51.9 Å². The Kier molecular flexibility index (Phi) is 4.24. The van der Waals surface area contributed by atoms with E-state index >= 15 is 0 Å². The molecular weight excluding hydrogens is 390 g/mol. The Balaban J connectivity index is 1.51. The Morgan fingerprint density at radius 3 is 2.55 bits per heavy atom. The number of hydrogen-bond acceptors (Lipinski definition) is 4. The van der Waals surface area contributed by atoms with E-state index in [2.05, 4.69) is 10.4 Å². The maximum Gasteiger partial charge on any atom is 0.303 e. The standard InChI is InChI=1S/C22H24ClN3O3/c23-19-17(25-16-4-2-1-3-5-16)12-24-26(20(19)29)22-9-14-6-15(10-22)8-21(7-14,13-22)11-18(27)28/h1-5,12,14-15,25H,6-11,13H2,(H,27,28)/t14-,15+,21?,22?. The molecule has 0 saturated heterocycles. The van der Waals surface area contributed by atoms with Gasteiger partial charge in [0.15, 0.2) is 0 Å². The molecule has 29 heavy (non-hydrogen) atoms. The van der Waals surface area contributed by atoms with Crippen LogP contribution in [0.1, 0.15) is 44.9 Å². The molecule has 0 amide bonds. The van der Waals surface area contributed by atoms with Crippen molar-refractivity contribution in [1.82, 2.24) is 9.78 Å². The van der Waals surface area contributed by atoms with Crippen LogP contribution in [0.15, 0.2) is 41.3 Å². The number of carbonyl (C=O) groups is 1. The molecule has 4 fully saturated rings. The second-order valence-corrected chi connectivity index (χ2v) is 9.71. The molecule has 0 radical (unpaired) electrons. The number of carboxylic acid groups (broad SMARTS) is 1. The van der Waals surface area contributed by atoms with Gasteiger partial charge in [0.05, 0.1) is 23.8 Å². The Hall–Kier alpha value is -2.34. The fourth-order valence-electron chi connectivity index (χ4n) is 6.71. The Morgan fingerprint density at radius 1 is 1.21 bits per heavy atom. The highest BCUT2D eigenvalue weighted by Gasteiger charge is 2.59. The normalized spacial score (nSPS) is 32.3. The number of carboxylic acids is 1. The SMILES string of the molecule is O=C(O)CC12C[C@H]3C[C@@H](C1)CC(n1ncc(Nc4ccccc4)c(Cl)c1=O)(C3)C2. The van der Waals surface area contributed by atoms with E-state index in [4.69, 9.17) is 11.6 Å². The van der Waals surface area contributed by atoms with E-state index in [9.17, 15) is 14.7 Å². The maximum atomic E-state index is 13.2. The predicted molar refractivity (Wildman–Crippen MR) is 111 cm³/mol. The molecule has 2 aromatic rings. The van der Waals surface area contributed by atoms with Crippen LogP contribution in [0.25, 0.3) is 0 Å². The number of halogens is 1. The summed E-state index contributed by atoms with van der Waals surface area (Å²) in [4.78, 5) is 24.8. The van der Waals surface area contributed by atoms with Gasteiger partial charge >= 0.3 is 5.97 Å². The summed E-state index contributed by atoms with van der Waals surface area (Å²) >= 11 is 6.48. The highest BCUT2D eigenvalue weighted by atomic mass is 35.5. The summed E-state index contributed by atoms with van der Waals surface area (Å²) in [5.74, 6) is 0.179. The third-order valence-electron chi connectivity index (χ3n) is 7.10. The zero-order chi connectivity index (χ0) is 20.2. The predicted octanol–water partition coefficient (Wildman–Crippen LogP) is 4.41. The number of nitrogens with one attached hydrogen (secondary N) is 1. The van der Waals surface area contributed by atoms with Gasteiger partial charge in [-0.25, -0.2) is 4.68 Å². The van der Waals surface area contributed by atoms with Crippen molar-refractivity contribution < 1.29 is 9.90 Å². The van der Waals surface area contributed by atoms with Gasteiger partial charge in [0.2, 0.25) is 0 Å². The van der Waals surface area contributed by atoms with E-state index in [1.165, 1.54) is 0 Å². The molecule has 1 aromatic carbocycles. The van der Waals surface area contributed by atoms with Crippen LogP contribution in [0, 0.1) is 17.3 Å². The lowest BCUT2D eigenvalue weighted by atomic mass is 9.46. The minimum Gasteiger partial charge on any atom is -0.481 e. The summed E-state index contributed by atoms with van der Waals surface area (Å²) in [5.41, 5.74) is 0.406. The van der Waals surface area contributed by atoms with Crippen LogP contribution in [0.4, 0.5) is 11.4 Å². The quantitative estimate of drug-likeness (QED) is 0.758. The third kappa shape index (κ3) is 3.14. The van der Waals surface area contributed by atoms with Gasteiger partial charge < -0.3 is 10.4 Å². The molecule has 1 heterocycles. The number of hydrogen-bond donors (Lipinski definition) is 2. The number of aliphatic carboxylic acids is 1. The third-order valence-corrected chi connectivity index (χ3v) is 7.46. The average molecular weight is 414 g/mol. The van der Waals surface area contributed by atoms with Crippen LogP contribution in [0.5, 0.6) is 0 Å². The van der Waals surface area contributed by atoms with Crippen molar-refractivity contribution in [1.29, 1.82) is 0 Å². The molecule has 4 aliphatic carbocycles. The van der Waals surface area contributed by atoms with Gasteiger partial charge in [-0.2, -0.15) is 5.10 Å². The highest BCUT2D eigenvalue weighted by Crippen LogP contribution is 2.65. The van der Waals surface area contributed by atoms with E-state index in [1.54, 1.807) is 10.9 Å². The van der Waals surface area contributed by atoms with E-state index < -0.39 is 11.5 Å². The van der Waals surface area contributed by atoms with Crippen molar-refractivity contribution in [2.24, 2.45) is 17.3 Å². The van der Waals surface area contributed by atoms with E-state index in [1.807, 2.05) is 30.3 Å². The van der Waals surface area contributed by atoms with Gasteiger partial charge in [-0.15, -0.1) is 0 Å². The van der Waals surface area contributed by atoms with Gasteiger partial charge in [0.1, 0.15) is 5.02 Å². The van der Waals surface area contributed by atoms with Gasteiger partial charge in [-0.3, -0.25) is 9.59 Å². The topological polar surface area (TPSA) is 84.2 Å². The molecule has 7 heteroatoms. The first-order chi connectivity index (χ1) is 13.9. The summed E-state index contributed by atoms with van der Waals surface area (Å²) in [6.45, 7) is 0. The largest absolute Gasteiger partial charge is 0.481 e. The second-order valence-electron chi connectivity index (χ2n) is 9.34. The molecular formula is C22H24ClN3O3. The number of anilines is 2. The molecule has 2 N–H and O–H groups in total. The van der Waals surface area contributed by atoms with Crippen molar-refractivity contribution in [2.45, 2.75) is 50.5 Å². The van der Waals surface area contributed by atoms with E-state index in [-0.39, 0.29) is 22.4 Å². The molecule has 4 aliphatic rings. The first-order valence-corrected chi connectivity index (χ1v) is 10.6. The monoisotopic (exact) mass is 413 g/mol. The first-order valence-electron chi connectivity index (χ1n) is 10.2. The zero-order valence-corrected chi connectivity index (χ0v) is 16.9. The fourth-order valence-corrected chi connectivity index (χ4v) is 6.89. The molecule has 0 spiro atoms. The molecule has 4 atom stereocenters. The lowest BCUT2D eigenvalue weighted by Gasteiger charge is -2.61. The van der Waals surface area contributed by atoms with E-state index in [0.717, 1.165) is 37.8 Å². The first kappa shape index (κ1) is 18.7. The van der Waals surface area contributed by atoms with Gasteiger partial charge in [0.25, 0.3) is 5.56 Å². The molecule has 152 valence electrons. The zero-order valence-electron chi connectivity index (χ0n) is 16.1. The number of rotatable bonds is 5. The summed E-state index contributed by atoms with van der Waals surface area (Å²) in [6.07, 6.45) is 7.32. The number of aromatic nitrogens is 2. The molecule has 2 unspecified atom stereocenters. The molecule has 6 nitrogen and oxygen atoms in total. The summed E-state index contributed by atoms with van der Waals surface area (Å²) in [6, 6.07) is 9.53. The van der Waals surface area contributed by atoms with Crippen LogP contribution < -0.4 is 10.9 Å². The van der Waals surface area contributed by atoms with Crippen molar-refractivity contribution in [3.8, 4) is 0 Å². The van der Waals surface area contributed by atoms with Crippen LogP contribution in [0.2, 0.25) is 5.02 Å². The maximum absolute atomic E-state index is 13.2. The Labute approximate surface area is 173 Å². The van der Waals surface area contributed by atoms with Crippen molar-refractivity contribution in [2.75, 3.05) is 5.32 Å². The molecule has 1 aromatic heterocycles. The minimum atomic E-state index is -0.747. The average Bonchev–Trinajstić information content (AvgIpc) is 2.64. The highest BCUT2D eigenvalue weighted by molar-refractivity contribution is 6.33. The fraction of sp³-hybridized carbons (Fsp3) is 0.500. The van der Waals surface area contributed by atoms with Crippen LogP contribution in [0.3, 0.4) is 0 Å². The Bertz CT molecular complexity index is 1010. The van der Waals surface area contributed by atoms with Gasteiger partial charge in [0, 0.05) is 5.69 Å². The van der Waals surface area contributed by atoms with Crippen LogP contribution in [-0.2, 0) is 10.3 Å². The van der Waals surface area contributed by atoms with Crippen molar-refractivity contribution in [3.63, 3.8) is 0 Å². The van der Waals surface area contributed by atoms with Gasteiger partial charge in [-0.1, -0.05) is 29.8 Å². The minimum absolute atomic E-state index is 0.131. The molecule has 6 rings (SSSR count). The molecule has 4 saturated carbocycles. The number of benzene rings is 1. The van der Waals surface area contributed by atoms with Crippen molar-refractivity contribution >= 4 is 28.9 Å².